The number of carboxylic acids is 1. The summed E-state index contributed by atoms with van der Waals surface area (Å²) in [6.45, 7) is 0. The maximum Gasteiger partial charge on any atom is 0.377 e. The average molecular weight is 247 g/mol. The van der Waals surface area contributed by atoms with Gasteiger partial charge in [0, 0.05) is 10.0 Å². The van der Waals surface area contributed by atoms with Crippen LogP contribution in [0.25, 0.3) is 0 Å². The van der Waals surface area contributed by atoms with Crippen LogP contribution < -0.4 is 0 Å². The molecule has 0 fully saturated rings. The van der Waals surface area contributed by atoms with Crippen LogP contribution in [-0.4, -0.2) is 16.9 Å². The molecule has 0 heterocycles. The molecule has 0 unspecified atom stereocenters. The number of hydrogen-bond donors (Lipinski definition) is 1. The zero-order valence-corrected chi connectivity index (χ0v) is 7.84. The Balaban J connectivity index is 3.21. The van der Waals surface area contributed by atoms with Gasteiger partial charge in [-0.15, -0.1) is 0 Å². The normalized spacial score (nSPS) is 9.69. The van der Waals surface area contributed by atoms with Crippen LogP contribution >= 0.6 is 15.9 Å². The molecule has 1 N–H and O–H groups in total. The lowest BCUT2D eigenvalue weighted by molar-refractivity contribution is -0.131. The number of rotatable bonds is 2. The first kappa shape index (κ1) is 9.85. The first-order valence-electron chi connectivity index (χ1n) is 3.25. The molecule has 1 aromatic carbocycles. The summed E-state index contributed by atoms with van der Waals surface area (Å²) in [5.41, 5.74) is -0.187. The molecule has 0 aromatic heterocycles. The highest BCUT2D eigenvalue weighted by atomic mass is 79.9. The molecule has 0 aliphatic carbocycles. The van der Waals surface area contributed by atoms with Crippen LogP contribution in [0.5, 0.6) is 0 Å². The summed E-state index contributed by atoms with van der Waals surface area (Å²) >= 11 is 2.95. The van der Waals surface area contributed by atoms with Crippen LogP contribution in [-0.2, 0) is 4.79 Å². The monoisotopic (exact) mass is 246 g/mol. The topological polar surface area (TPSA) is 54.4 Å². The number of carbonyl (C=O) groups is 2. The maximum atomic E-state index is 12.6. The highest BCUT2D eigenvalue weighted by molar-refractivity contribution is 9.10. The zero-order chi connectivity index (χ0) is 10.0. The minimum atomic E-state index is -1.61. The second kappa shape index (κ2) is 3.66. The Morgan fingerprint density at radius 2 is 2.00 bits per heavy atom. The Morgan fingerprint density at radius 3 is 2.54 bits per heavy atom. The van der Waals surface area contributed by atoms with E-state index in [2.05, 4.69) is 15.9 Å². The Morgan fingerprint density at radius 1 is 1.38 bits per heavy atom. The van der Waals surface area contributed by atoms with Gasteiger partial charge in [-0.1, -0.05) is 15.9 Å². The van der Waals surface area contributed by atoms with Crippen LogP contribution in [0.4, 0.5) is 4.39 Å². The number of aliphatic carboxylic acids is 1. The molecule has 0 radical (unpaired) electrons. The first-order valence-corrected chi connectivity index (χ1v) is 4.04. The standard InChI is InChI=1S/C8H4BrFO3/c9-6-2-1-4(10)3-5(6)7(11)8(12)13/h1-3H,(H,12,13). The van der Waals surface area contributed by atoms with E-state index in [4.69, 9.17) is 5.11 Å². The van der Waals surface area contributed by atoms with Crippen LogP contribution in [0.1, 0.15) is 10.4 Å². The number of hydrogen-bond acceptors (Lipinski definition) is 2. The maximum absolute atomic E-state index is 12.6. The number of halogens is 2. The predicted octanol–water partition coefficient (Wildman–Crippen LogP) is 1.86. The van der Waals surface area contributed by atoms with Gasteiger partial charge in [-0.25, -0.2) is 9.18 Å². The van der Waals surface area contributed by atoms with Crippen molar-refractivity contribution >= 4 is 27.7 Å². The highest BCUT2D eigenvalue weighted by Gasteiger charge is 2.17. The largest absolute Gasteiger partial charge is 0.475 e. The van der Waals surface area contributed by atoms with Crippen molar-refractivity contribution in [3.05, 3.63) is 34.1 Å². The Bertz CT molecular complexity index is 376. The average Bonchev–Trinajstić information content (AvgIpc) is 2.08. The molecule has 0 aliphatic rings. The fourth-order valence-electron chi connectivity index (χ4n) is 0.787. The third kappa shape index (κ3) is 2.12. The molecule has 68 valence electrons. The van der Waals surface area contributed by atoms with Gasteiger partial charge in [0.15, 0.2) is 0 Å². The third-order valence-corrected chi connectivity index (χ3v) is 2.06. The molecule has 1 rings (SSSR count). The van der Waals surface area contributed by atoms with Gasteiger partial charge in [0.05, 0.1) is 0 Å². The number of carbonyl (C=O) groups excluding carboxylic acids is 1. The van der Waals surface area contributed by atoms with Crippen molar-refractivity contribution in [2.75, 3.05) is 0 Å². The van der Waals surface area contributed by atoms with E-state index in [0.29, 0.717) is 0 Å². The number of carboxylic acid groups (broad SMARTS) is 1. The fourth-order valence-corrected chi connectivity index (χ4v) is 1.21. The fraction of sp³-hybridized carbons (Fsp3) is 0. The smallest absolute Gasteiger partial charge is 0.377 e. The van der Waals surface area contributed by atoms with E-state index in [1.807, 2.05) is 0 Å². The Hall–Kier alpha value is -1.23. The van der Waals surface area contributed by atoms with Crippen molar-refractivity contribution in [3.8, 4) is 0 Å². The molecular weight excluding hydrogens is 243 g/mol. The Labute approximate surface area is 81.3 Å². The van der Waals surface area contributed by atoms with E-state index in [1.54, 1.807) is 0 Å². The molecule has 1 aromatic rings. The molecule has 0 atom stereocenters. The molecule has 0 amide bonds. The minimum Gasteiger partial charge on any atom is -0.475 e. The van der Waals surface area contributed by atoms with Crippen LogP contribution in [0, 0.1) is 5.82 Å². The Kier molecular flexibility index (Phi) is 2.77. The molecule has 0 saturated carbocycles. The van der Waals surface area contributed by atoms with E-state index >= 15 is 0 Å². The van der Waals surface area contributed by atoms with Crippen molar-refractivity contribution in [2.24, 2.45) is 0 Å². The SMILES string of the molecule is O=C(O)C(=O)c1cc(F)ccc1Br. The number of benzene rings is 1. The predicted molar refractivity (Wildman–Crippen MR) is 46.1 cm³/mol. The van der Waals surface area contributed by atoms with Gasteiger partial charge in [0.25, 0.3) is 5.78 Å². The second-order valence-electron chi connectivity index (χ2n) is 2.26. The lowest BCUT2D eigenvalue weighted by atomic mass is 10.1. The van der Waals surface area contributed by atoms with Crippen molar-refractivity contribution in [3.63, 3.8) is 0 Å². The minimum absolute atomic E-state index is 0.187. The van der Waals surface area contributed by atoms with E-state index in [9.17, 15) is 14.0 Å². The van der Waals surface area contributed by atoms with Gasteiger partial charge in [-0.3, -0.25) is 4.79 Å². The molecular formula is C8H4BrFO3. The molecule has 5 heteroatoms. The van der Waals surface area contributed by atoms with Crippen molar-refractivity contribution < 1.29 is 19.1 Å². The highest BCUT2D eigenvalue weighted by Crippen LogP contribution is 2.18. The molecule has 3 nitrogen and oxygen atoms in total. The van der Waals surface area contributed by atoms with E-state index in [-0.39, 0.29) is 10.0 Å². The first-order chi connectivity index (χ1) is 6.02. The molecule has 0 aliphatic heterocycles. The van der Waals surface area contributed by atoms with Crippen molar-refractivity contribution in [1.82, 2.24) is 0 Å². The number of ketones is 1. The van der Waals surface area contributed by atoms with E-state index < -0.39 is 17.6 Å². The van der Waals surface area contributed by atoms with Crippen molar-refractivity contribution in [1.29, 1.82) is 0 Å². The van der Waals surface area contributed by atoms with Gasteiger partial charge in [-0.2, -0.15) is 0 Å². The molecule has 13 heavy (non-hydrogen) atoms. The molecule has 0 bridgehead atoms. The zero-order valence-electron chi connectivity index (χ0n) is 6.25. The summed E-state index contributed by atoms with van der Waals surface area (Å²) < 4.78 is 12.9. The summed E-state index contributed by atoms with van der Waals surface area (Å²) in [4.78, 5) is 21.2. The van der Waals surface area contributed by atoms with Gasteiger partial charge in [0.1, 0.15) is 5.82 Å². The van der Waals surface area contributed by atoms with Crippen molar-refractivity contribution in [2.45, 2.75) is 0 Å². The summed E-state index contributed by atoms with van der Waals surface area (Å²) in [6.07, 6.45) is 0. The van der Waals surface area contributed by atoms with E-state index in [1.165, 1.54) is 6.07 Å². The molecule has 0 saturated heterocycles. The lowest BCUT2D eigenvalue weighted by Crippen LogP contribution is -2.13. The lowest BCUT2D eigenvalue weighted by Gasteiger charge is -1.99. The summed E-state index contributed by atoms with van der Waals surface area (Å²) in [5, 5.41) is 8.36. The quantitative estimate of drug-likeness (QED) is 0.640. The van der Waals surface area contributed by atoms with Gasteiger partial charge in [0.2, 0.25) is 0 Å². The number of Topliss-reactive ketones (excluding diaryl/α,β-unsaturated/α-hetero) is 1. The molecule has 0 spiro atoms. The summed E-state index contributed by atoms with van der Waals surface area (Å²) in [6, 6.07) is 3.29. The van der Waals surface area contributed by atoms with Crippen LogP contribution in [0.3, 0.4) is 0 Å². The van der Waals surface area contributed by atoms with Crippen LogP contribution in [0.2, 0.25) is 0 Å². The van der Waals surface area contributed by atoms with Gasteiger partial charge in [-0.05, 0) is 18.2 Å². The van der Waals surface area contributed by atoms with Gasteiger partial charge < -0.3 is 5.11 Å². The summed E-state index contributed by atoms with van der Waals surface area (Å²) in [5.74, 6) is -3.38. The van der Waals surface area contributed by atoms with E-state index in [0.717, 1.165) is 12.1 Å². The second-order valence-corrected chi connectivity index (χ2v) is 3.11. The van der Waals surface area contributed by atoms with Gasteiger partial charge >= 0.3 is 5.97 Å². The third-order valence-electron chi connectivity index (χ3n) is 1.37. The van der Waals surface area contributed by atoms with Crippen LogP contribution in [0.15, 0.2) is 22.7 Å². The summed E-state index contributed by atoms with van der Waals surface area (Å²) in [7, 11) is 0.